The molecule has 0 fully saturated rings. The van der Waals surface area contributed by atoms with Crippen LogP contribution in [0, 0.1) is 0 Å². The summed E-state index contributed by atoms with van der Waals surface area (Å²) in [4.78, 5) is 13.2. The van der Waals surface area contributed by atoms with Crippen LogP contribution in [0.25, 0.3) is 10.8 Å². The Kier molecular flexibility index (Phi) is 12.9. The van der Waals surface area contributed by atoms with Crippen LogP contribution in [-0.2, 0) is 38.8 Å². The highest BCUT2D eigenvalue weighted by Crippen LogP contribution is 2.33. The molecule has 0 N–H and O–H groups in total. The van der Waals surface area contributed by atoms with Gasteiger partial charge in [0.25, 0.3) is 0 Å². The molecule has 2 nitrogen and oxygen atoms in total. The molecule has 0 saturated carbocycles. The van der Waals surface area contributed by atoms with Gasteiger partial charge in [0.15, 0.2) is 10.6 Å². The minimum absolute atomic E-state index is 0.0114. The number of fused-ring (bicyclic) bond motifs is 1. The van der Waals surface area contributed by atoms with Crippen molar-refractivity contribution in [2.75, 3.05) is 12.0 Å². The predicted octanol–water partition coefficient (Wildman–Crippen LogP) is 11.4. The molecular weight excluding hydrogens is 867 g/mol. The molecule has 16 heteroatoms. The Morgan fingerprint density at radius 3 is 1.08 bits per heavy atom. The van der Waals surface area contributed by atoms with E-state index in [4.69, 9.17) is 0 Å². The Morgan fingerprint density at radius 2 is 0.746 bits per heavy atom. The standard InChI is InChI=1S/C28H16BF12.C19H17O2S/c30-25(31,32)17-1-9-21(10-2-17)29(22-11-3-18(4-12-22)26(33,34)35,23-13-5-19(6-14-23)27(36,37)38)24-15-7-20(8-16-24)28(39,40)41;1-22(21,18-9-3-2-4-10-18)14-19(20)17-12-11-15-7-5-6-8-16(15)13-17/h1-16H;2-13H,14H2,1H3/q-1;+1. The first kappa shape index (κ1) is 46.4. The van der Waals surface area contributed by atoms with Gasteiger partial charge in [0.05, 0.1) is 22.3 Å². The number of halogens is 12. The molecule has 0 saturated heterocycles. The van der Waals surface area contributed by atoms with Crippen LogP contribution in [0.2, 0.25) is 0 Å². The highest BCUT2D eigenvalue weighted by molar-refractivity contribution is 8.03. The first-order valence-corrected chi connectivity index (χ1v) is 20.9. The fourth-order valence-corrected chi connectivity index (χ4v) is 9.05. The largest absolute Gasteiger partial charge is 0.416 e. The molecule has 0 spiro atoms. The molecule has 1 unspecified atom stereocenters. The van der Waals surface area contributed by atoms with E-state index in [0.29, 0.717) is 54.1 Å². The summed E-state index contributed by atoms with van der Waals surface area (Å²) in [5.41, 5.74) is -3.68. The van der Waals surface area contributed by atoms with E-state index < -0.39 is 63.0 Å². The number of alkyl halides is 12. The highest BCUT2D eigenvalue weighted by atomic mass is 32.2. The van der Waals surface area contributed by atoms with E-state index in [1.165, 1.54) is 0 Å². The summed E-state index contributed by atoms with van der Waals surface area (Å²) in [5, 5.41) is 2.12. The van der Waals surface area contributed by atoms with Crippen LogP contribution in [-0.4, -0.2) is 23.9 Å². The molecule has 63 heavy (non-hydrogen) atoms. The summed E-state index contributed by atoms with van der Waals surface area (Å²) in [6.07, 6.45) is -20.3. The third kappa shape index (κ3) is 10.4. The molecule has 0 bridgehead atoms. The van der Waals surface area contributed by atoms with Crippen LogP contribution in [0.1, 0.15) is 32.6 Å². The molecule has 7 aromatic rings. The van der Waals surface area contributed by atoms with E-state index in [1.54, 1.807) is 6.26 Å². The number of hydrogen-bond acceptors (Lipinski definition) is 2. The third-order valence-electron chi connectivity index (χ3n) is 10.7. The number of hydrogen-bond donors (Lipinski definition) is 0. The first-order chi connectivity index (χ1) is 29.4. The van der Waals surface area contributed by atoms with Gasteiger partial charge < -0.3 is 0 Å². The topological polar surface area (TPSA) is 34.1 Å². The number of carbonyl (C=O) groups is 1. The van der Waals surface area contributed by atoms with Crippen molar-refractivity contribution >= 4 is 54.5 Å². The molecule has 7 rings (SSSR count). The Balaban J connectivity index is 0.000000251. The monoisotopic (exact) mass is 900 g/mol. The lowest BCUT2D eigenvalue weighted by Gasteiger charge is -2.44. The zero-order chi connectivity index (χ0) is 46.0. The minimum Gasteiger partial charge on any atom is -0.289 e. The second kappa shape index (κ2) is 17.5. The smallest absolute Gasteiger partial charge is 0.289 e. The van der Waals surface area contributed by atoms with Crippen LogP contribution in [0.5, 0.6) is 0 Å². The van der Waals surface area contributed by atoms with Crippen molar-refractivity contribution in [3.63, 3.8) is 0 Å². The lowest BCUT2D eigenvalue weighted by Crippen LogP contribution is -2.74. The van der Waals surface area contributed by atoms with Crippen LogP contribution in [0.15, 0.2) is 175 Å². The van der Waals surface area contributed by atoms with Crippen LogP contribution in [0.4, 0.5) is 52.7 Å². The zero-order valence-electron chi connectivity index (χ0n) is 32.7. The van der Waals surface area contributed by atoms with Gasteiger partial charge in [0.2, 0.25) is 5.78 Å². The van der Waals surface area contributed by atoms with Gasteiger partial charge in [-0.15, -0.1) is 0 Å². The van der Waals surface area contributed by atoms with Crippen LogP contribution < -0.4 is 21.9 Å². The van der Waals surface area contributed by atoms with Crippen LogP contribution in [0.3, 0.4) is 0 Å². The number of carbonyl (C=O) groups excluding carboxylic acids is 1. The Morgan fingerprint density at radius 1 is 0.429 bits per heavy atom. The molecule has 0 aromatic heterocycles. The van der Waals surface area contributed by atoms with E-state index in [1.807, 2.05) is 72.8 Å². The predicted molar refractivity (Wildman–Crippen MR) is 222 cm³/mol. The van der Waals surface area contributed by atoms with E-state index in [-0.39, 0.29) is 33.4 Å². The summed E-state index contributed by atoms with van der Waals surface area (Å²) in [6, 6.07) is 36.3. The molecular formula is C47H33BF12O2S. The second-order valence-electron chi connectivity index (χ2n) is 14.8. The maximum absolute atomic E-state index is 13.3. The van der Waals surface area contributed by atoms with Crippen molar-refractivity contribution in [1.29, 1.82) is 0 Å². The molecule has 0 aliphatic heterocycles. The van der Waals surface area contributed by atoms with Gasteiger partial charge in [-0.3, -0.25) is 4.79 Å². The zero-order valence-corrected chi connectivity index (χ0v) is 33.5. The number of ketones is 1. The minimum atomic E-state index is -4.77. The molecule has 0 aliphatic carbocycles. The second-order valence-corrected chi connectivity index (χ2v) is 17.6. The van der Waals surface area contributed by atoms with Gasteiger partial charge in [-0.25, -0.2) is 0 Å². The summed E-state index contributed by atoms with van der Waals surface area (Å²) in [6.45, 7) is 0. The Bertz CT molecular complexity index is 2490. The lowest BCUT2D eigenvalue weighted by atomic mass is 9.13. The maximum atomic E-state index is 13.3. The average Bonchev–Trinajstić information content (AvgIpc) is 3.24. The average molecular weight is 901 g/mol. The van der Waals surface area contributed by atoms with Gasteiger partial charge in [-0.1, -0.05) is 156 Å². The molecule has 7 aromatic carbocycles. The van der Waals surface area contributed by atoms with Gasteiger partial charge in [-0.2, -0.15) is 74.5 Å². The molecule has 0 heterocycles. The summed E-state index contributed by atoms with van der Waals surface area (Å²) in [7, 11) is -2.36. The van der Waals surface area contributed by atoms with Crippen molar-refractivity contribution in [2.45, 2.75) is 29.6 Å². The Labute approximate surface area is 354 Å². The van der Waals surface area contributed by atoms with Gasteiger partial charge in [0.1, 0.15) is 22.3 Å². The van der Waals surface area contributed by atoms with E-state index >= 15 is 0 Å². The van der Waals surface area contributed by atoms with Crippen molar-refractivity contribution in [2.24, 2.45) is 0 Å². The summed E-state index contributed by atoms with van der Waals surface area (Å²) < 4.78 is 173. The van der Waals surface area contributed by atoms with Crippen molar-refractivity contribution < 1.29 is 61.7 Å². The van der Waals surface area contributed by atoms with Crippen molar-refractivity contribution in [3.8, 4) is 0 Å². The maximum Gasteiger partial charge on any atom is 0.416 e. The van der Waals surface area contributed by atoms with Crippen molar-refractivity contribution in [3.05, 3.63) is 198 Å². The van der Waals surface area contributed by atoms with Crippen molar-refractivity contribution in [1.82, 2.24) is 0 Å². The number of Topliss-reactive ketones (excluding diaryl/α,β-unsaturated/α-hetero) is 1. The Hall–Kier alpha value is -6.16. The van der Waals surface area contributed by atoms with Gasteiger partial charge >= 0.3 is 24.7 Å². The van der Waals surface area contributed by atoms with Gasteiger partial charge in [-0.05, 0) is 29.0 Å². The number of rotatable bonds is 8. The molecule has 1 atom stereocenters. The normalized spacial score (nSPS) is 13.5. The van der Waals surface area contributed by atoms with Gasteiger partial charge in [0, 0.05) is 5.56 Å². The summed E-state index contributed by atoms with van der Waals surface area (Å²) >= 11 is 0. The fraction of sp³-hybridized carbons (Fsp3) is 0.128. The summed E-state index contributed by atoms with van der Waals surface area (Å²) in [5.74, 6) is -0.0443. The van der Waals surface area contributed by atoms with E-state index in [2.05, 4.69) is 0 Å². The SMILES string of the molecule is C[S+](=O)(CC(=O)c1ccc2ccccc2c1)c1ccccc1.FC(F)(F)c1ccc([B-](c2ccc(C(F)(F)F)cc2)(c2ccc(C(F)(F)F)cc2)c2ccc(C(F)(F)F)cc2)cc1. The molecule has 0 aliphatic rings. The van der Waals surface area contributed by atoms with E-state index in [9.17, 15) is 61.7 Å². The lowest BCUT2D eigenvalue weighted by molar-refractivity contribution is -0.138. The number of benzene rings is 7. The quantitative estimate of drug-likeness (QED) is 0.0659. The molecule has 0 radical (unpaired) electrons. The van der Waals surface area contributed by atoms with E-state index in [0.717, 1.165) is 64.2 Å². The molecule has 0 amide bonds. The first-order valence-electron chi connectivity index (χ1n) is 18.8. The van der Waals surface area contributed by atoms with Crippen LogP contribution >= 0.6 is 0 Å². The third-order valence-corrected chi connectivity index (χ3v) is 12.8. The fourth-order valence-electron chi connectivity index (χ4n) is 7.49. The highest BCUT2D eigenvalue weighted by Gasteiger charge is 2.38. The molecule has 326 valence electrons.